The minimum atomic E-state index is -0.410. The maximum absolute atomic E-state index is 11.2. The van der Waals surface area contributed by atoms with Gasteiger partial charge in [0.05, 0.1) is 0 Å². The first-order valence-corrected chi connectivity index (χ1v) is 5.83. The van der Waals surface area contributed by atoms with E-state index in [4.69, 9.17) is 4.74 Å². The summed E-state index contributed by atoms with van der Waals surface area (Å²) >= 11 is 0. The van der Waals surface area contributed by atoms with Gasteiger partial charge in [-0.25, -0.2) is 0 Å². The van der Waals surface area contributed by atoms with Crippen molar-refractivity contribution in [2.45, 2.75) is 45.1 Å². The van der Waals surface area contributed by atoms with Gasteiger partial charge < -0.3 is 4.74 Å². The summed E-state index contributed by atoms with van der Waals surface area (Å²) in [6.45, 7) is 6.33. The Kier molecular flexibility index (Phi) is 2.75. The van der Waals surface area contributed by atoms with Crippen LogP contribution in [0.3, 0.4) is 0 Å². The van der Waals surface area contributed by atoms with Crippen LogP contribution in [0.5, 0.6) is 0 Å². The molecule has 0 spiro atoms. The molecule has 0 radical (unpaired) electrons. The van der Waals surface area contributed by atoms with Gasteiger partial charge in [0.2, 0.25) is 0 Å². The van der Waals surface area contributed by atoms with Crippen LogP contribution in [0, 0.1) is 0 Å². The van der Waals surface area contributed by atoms with Crippen molar-refractivity contribution in [3.63, 3.8) is 0 Å². The molecule has 0 bridgehead atoms. The average molecular weight is 218 g/mol. The predicted molar refractivity (Wildman–Crippen MR) is 63.2 cm³/mol. The van der Waals surface area contributed by atoms with Crippen molar-refractivity contribution in [3.8, 4) is 0 Å². The summed E-state index contributed by atoms with van der Waals surface area (Å²) in [5, 5.41) is 0. The SMILES string of the molecule is CC(C)c1ccc(C2(C)CCC(=O)O2)cc1. The van der Waals surface area contributed by atoms with E-state index in [0.29, 0.717) is 12.3 Å². The Hall–Kier alpha value is -1.31. The normalized spacial score (nSPS) is 24.9. The largest absolute Gasteiger partial charge is 0.454 e. The third-order valence-corrected chi connectivity index (χ3v) is 3.33. The molecular weight excluding hydrogens is 200 g/mol. The zero-order valence-electron chi connectivity index (χ0n) is 10.1. The molecule has 1 atom stereocenters. The van der Waals surface area contributed by atoms with Crippen molar-refractivity contribution in [1.29, 1.82) is 0 Å². The van der Waals surface area contributed by atoms with Gasteiger partial charge in [-0.05, 0) is 24.0 Å². The highest BCUT2D eigenvalue weighted by molar-refractivity contribution is 5.72. The molecule has 0 N–H and O–H groups in total. The minimum absolute atomic E-state index is 0.0876. The molecule has 2 rings (SSSR count). The van der Waals surface area contributed by atoms with Gasteiger partial charge >= 0.3 is 5.97 Å². The molecule has 0 amide bonds. The van der Waals surface area contributed by atoms with Crippen LogP contribution in [0.2, 0.25) is 0 Å². The van der Waals surface area contributed by atoms with E-state index in [1.807, 2.05) is 6.92 Å². The van der Waals surface area contributed by atoms with Crippen LogP contribution < -0.4 is 0 Å². The monoisotopic (exact) mass is 218 g/mol. The molecule has 2 heteroatoms. The molecule has 1 aromatic rings. The number of hydrogen-bond donors (Lipinski definition) is 0. The van der Waals surface area contributed by atoms with Crippen LogP contribution in [0.1, 0.15) is 50.7 Å². The maximum Gasteiger partial charge on any atom is 0.306 e. The first kappa shape index (κ1) is 11.2. The van der Waals surface area contributed by atoms with Gasteiger partial charge in [0.1, 0.15) is 5.60 Å². The van der Waals surface area contributed by atoms with Gasteiger partial charge in [-0.1, -0.05) is 38.1 Å². The molecule has 2 nitrogen and oxygen atoms in total. The number of carbonyl (C=O) groups is 1. The third kappa shape index (κ3) is 1.97. The number of hydrogen-bond acceptors (Lipinski definition) is 2. The summed E-state index contributed by atoms with van der Waals surface area (Å²) in [4.78, 5) is 11.2. The van der Waals surface area contributed by atoms with Gasteiger partial charge in [-0.2, -0.15) is 0 Å². The molecule has 1 heterocycles. The Balaban J connectivity index is 2.25. The van der Waals surface area contributed by atoms with Crippen LogP contribution in [-0.4, -0.2) is 5.97 Å². The molecule has 1 fully saturated rings. The van der Waals surface area contributed by atoms with Crippen LogP contribution in [-0.2, 0) is 15.1 Å². The first-order valence-electron chi connectivity index (χ1n) is 5.83. The van der Waals surface area contributed by atoms with E-state index in [1.165, 1.54) is 5.56 Å². The smallest absolute Gasteiger partial charge is 0.306 e. The standard InChI is InChI=1S/C14H18O2/c1-10(2)11-4-6-12(7-5-11)14(3)9-8-13(15)16-14/h4-7,10H,8-9H2,1-3H3. The zero-order chi connectivity index (χ0) is 11.8. The Morgan fingerprint density at radius 2 is 1.88 bits per heavy atom. The highest BCUT2D eigenvalue weighted by Crippen LogP contribution is 2.36. The quantitative estimate of drug-likeness (QED) is 0.711. The van der Waals surface area contributed by atoms with Crippen molar-refractivity contribution < 1.29 is 9.53 Å². The molecule has 0 aliphatic carbocycles. The zero-order valence-corrected chi connectivity index (χ0v) is 10.1. The first-order chi connectivity index (χ1) is 7.51. The van der Waals surface area contributed by atoms with E-state index < -0.39 is 5.60 Å². The fourth-order valence-electron chi connectivity index (χ4n) is 2.12. The van der Waals surface area contributed by atoms with Gasteiger partial charge in [-0.3, -0.25) is 4.79 Å². The van der Waals surface area contributed by atoms with E-state index in [2.05, 4.69) is 38.1 Å². The van der Waals surface area contributed by atoms with Crippen LogP contribution in [0.15, 0.2) is 24.3 Å². The lowest BCUT2D eigenvalue weighted by Crippen LogP contribution is -2.20. The van der Waals surface area contributed by atoms with E-state index >= 15 is 0 Å². The number of esters is 1. The molecule has 1 aromatic carbocycles. The van der Waals surface area contributed by atoms with Crippen LogP contribution >= 0.6 is 0 Å². The lowest BCUT2D eigenvalue weighted by atomic mass is 9.91. The van der Waals surface area contributed by atoms with E-state index in [0.717, 1.165) is 12.0 Å². The number of ether oxygens (including phenoxy) is 1. The van der Waals surface area contributed by atoms with Crippen molar-refractivity contribution in [1.82, 2.24) is 0 Å². The number of rotatable bonds is 2. The van der Waals surface area contributed by atoms with Gasteiger partial charge in [0.25, 0.3) is 0 Å². The van der Waals surface area contributed by atoms with Gasteiger partial charge in [0.15, 0.2) is 0 Å². The van der Waals surface area contributed by atoms with E-state index in [1.54, 1.807) is 0 Å². The van der Waals surface area contributed by atoms with Gasteiger partial charge in [0, 0.05) is 12.8 Å². The summed E-state index contributed by atoms with van der Waals surface area (Å²) in [6, 6.07) is 8.40. The van der Waals surface area contributed by atoms with Crippen molar-refractivity contribution in [2.75, 3.05) is 0 Å². The fraction of sp³-hybridized carbons (Fsp3) is 0.500. The Bertz CT molecular complexity index is 392. The molecule has 0 aromatic heterocycles. The summed E-state index contributed by atoms with van der Waals surface area (Å²) < 4.78 is 5.40. The summed E-state index contributed by atoms with van der Waals surface area (Å²) in [5.41, 5.74) is 2.01. The molecular formula is C14H18O2. The lowest BCUT2D eigenvalue weighted by molar-refractivity contribution is -0.147. The molecule has 1 aliphatic rings. The van der Waals surface area contributed by atoms with Crippen molar-refractivity contribution >= 4 is 5.97 Å². The molecule has 1 aliphatic heterocycles. The van der Waals surface area contributed by atoms with E-state index in [-0.39, 0.29) is 5.97 Å². The average Bonchev–Trinajstić information content (AvgIpc) is 2.60. The third-order valence-electron chi connectivity index (χ3n) is 3.33. The summed E-state index contributed by atoms with van der Waals surface area (Å²) in [5.74, 6) is 0.448. The molecule has 16 heavy (non-hydrogen) atoms. The highest BCUT2D eigenvalue weighted by Gasteiger charge is 2.37. The molecule has 1 saturated heterocycles. The highest BCUT2D eigenvalue weighted by atomic mass is 16.6. The van der Waals surface area contributed by atoms with Crippen molar-refractivity contribution in [3.05, 3.63) is 35.4 Å². The topological polar surface area (TPSA) is 26.3 Å². The van der Waals surface area contributed by atoms with E-state index in [9.17, 15) is 4.79 Å². The number of benzene rings is 1. The second-order valence-corrected chi connectivity index (χ2v) is 4.98. The fourth-order valence-corrected chi connectivity index (χ4v) is 2.12. The van der Waals surface area contributed by atoms with Crippen LogP contribution in [0.25, 0.3) is 0 Å². The Morgan fingerprint density at radius 1 is 1.25 bits per heavy atom. The minimum Gasteiger partial charge on any atom is -0.454 e. The second kappa shape index (κ2) is 3.93. The summed E-state index contributed by atoms with van der Waals surface area (Å²) in [6.07, 6.45) is 1.31. The van der Waals surface area contributed by atoms with Crippen LogP contribution in [0.4, 0.5) is 0 Å². The number of cyclic esters (lactones) is 1. The summed E-state index contributed by atoms with van der Waals surface area (Å²) in [7, 11) is 0. The Labute approximate surface area is 96.6 Å². The Morgan fingerprint density at radius 3 is 2.31 bits per heavy atom. The molecule has 86 valence electrons. The second-order valence-electron chi connectivity index (χ2n) is 4.98. The number of carbonyl (C=O) groups excluding carboxylic acids is 1. The van der Waals surface area contributed by atoms with Gasteiger partial charge in [-0.15, -0.1) is 0 Å². The molecule has 0 saturated carbocycles. The molecule has 1 unspecified atom stereocenters. The van der Waals surface area contributed by atoms with Crippen molar-refractivity contribution in [2.24, 2.45) is 0 Å². The predicted octanol–water partition coefficient (Wildman–Crippen LogP) is 3.36. The lowest BCUT2D eigenvalue weighted by Gasteiger charge is -2.23. The maximum atomic E-state index is 11.2.